The first-order valence-corrected chi connectivity index (χ1v) is 8.28. The fraction of sp³-hybridized carbons (Fsp3) is 0.333. The highest BCUT2D eigenvalue weighted by molar-refractivity contribution is 9.10. The zero-order valence-electron chi connectivity index (χ0n) is 10.0. The van der Waals surface area contributed by atoms with Crippen molar-refractivity contribution in [3.05, 3.63) is 34.6 Å². The molecule has 0 unspecified atom stereocenters. The summed E-state index contributed by atoms with van der Waals surface area (Å²) in [4.78, 5) is 4.42. The molecule has 0 spiro atoms. The second kappa shape index (κ2) is 7.11. The monoisotopic (exact) mass is 343 g/mol. The Balaban J connectivity index is 1.72. The van der Waals surface area contributed by atoms with Crippen LogP contribution in [-0.4, -0.2) is 21.7 Å². The maximum absolute atomic E-state index is 4.42. The molecule has 0 atom stereocenters. The third-order valence-corrected chi connectivity index (χ3v) is 4.61. The van der Waals surface area contributed by atoms with E-state index in [4.69, 9.17) is 0 Å². The van der Waals surface area contributed by atoms with Crippen molar-refractivity contribution in [1.29, 1.82) is 0 Å². The molecule has 0 aliphatic carbocycles. The van der Waals surface area contributed by atoms with E-state index in [1.54, 1.807) is 11.8 Å². The van der Waals surface area contributed by atoms with Gasteiger partial charge in [0.2, 0.25) is 0 Å². The SMILES string of the molecule is CCc1nsc(SCCNc2cccc(Br)c2)n1. The fourth-order valence-corrected chi connectivity index (χ4v) is 3.39. The Bertz CT molecular complexity index is 502. The number of nitrogens with one attached hydrogen (secondary N) is 1. The normalized spacial score (nSPS) is 10.6. The molecule has 0 saturated heterocycles. The van der Waals surface area contributed by atoms with Crippen LogP contribution in [0.25, 0.3) is 0 Å². The summed E-state index contributed by atoms with van der Waals surface area (Å²) in [7, 11) is 0. The molecule has 1 aromatic carbocycles. The average molecular weight is 344 g/mol. The van der Waals surface area contributed by atoms with E-state index in [0.717, 1.165) is 39.0 Å². The lowest BCUT2D eigenvalue weighted by molar-refractivity contribution is 0.971. The van der Waals surface area contributed by atoms with Crippen molar-refractivity contribution >= 4 is 44.9 Å². The van der Waals surface area contributed by atoms with Crippen LogP contribution < -0.4 is 5.32 Å². The Morgan fingerprint density at radius 1 is 1.44 bits per heavy atom. The minimum absolute atomic E-state index is 0.910. The molecule has 2 rings (SSSR count). The van der Waals surface area contributed by atoms with Crippen LogP contribution in [0.15, 0.2) is 33.1 Å². The number of benzene rings is 1. The van der Waals surface area contributed by atoms with Gasteiger partial charge in [0.1, 0.15) is 5.82 Å². The molecular formula is C12H14BrN3S2. The Morgan fingerprint density at radius 3 is 3.06 bits per heavy atom. The number of halogens is 1. The first-order chi connectivity index (χ1) is 8.78. The lowest BCUT2D eigenvalue weighted by Crippen LogP contribution is -2.03. The van der Waals surface area contributed by atoms with Gasteiger partial charge < -0.3 is 5.32 Å². The molecule has 0 aliphatic rings. The average Bonchev–Trinajstić information content (AvgIpc) is 2.83. The van der Waals surface area contributed by atoms with Crippen molar-refractivity contribution in [2.45, 2.75) is 17.7 Å². The van der Waals surface area contributed by atoms with E-state index in [1.807, 2.05) is 12.1 Å². The lowest BCUT2D eigenvalue weighted by atomic mass is 10.3. The predicted molar refractivity (Wildman–Crippen MR) is 82.6 cm³/mol. The van der Waals surface area contributed by atoms with Crippen molar-refractivity contribution in [2.75, 3.05) is 17.6 Å². The molecule has 0 radical (unpaired) electrons. The van der Waals surface area contributed by atoms with Crippen LogP contribution in [0, 0.1) is 0 Å². The number of nitrogens with zero attached hydrogens (tertiary/aromatic N) is 2. The zero-order valence-corrected chi connectivity index (χ0v) is 13.2. The number of aryl methyl sites for hydroxylation is 1. The Kier molecular flexibility index (Phi) is 5.46. The van der Waals surface area contributed by atoms with Gasteiger partial charge in [0.05, 0.1) is 0 Å². The van der Waals surface area contributed by atoms with Crippen LogP contribution in [0.2, 0.25) is 0 Å². The number of rotatable bonds is 6. The van der Waals surface area contributed by atoms with Gasteiger partial charge in [-0.3, -0.25) is 0 Å². The molecule has 1 heterocycles. The molecule has 0 amide bonds. The molecule has 96 valence electrons. The number of hydrogen-bond acceptors (Lipinski definition) is 5. The van der Waals surface area contributed by atoms with Crippen molar-refractivity contribution in [3.63, 3.8) is 0 Å². The third-order valence-electron chi connectivity index (χ3n) is 2.25. The smallest absolute Gasteiger partial charge is 0.170 e. The van der Waals surface area contributed by atoms with Gasteiger partial charge in [0, 0.05) is 28.9 Å². The minimum Gasteiger partial charge on any atom is -0.384 e. The lowest BCUT2D eigenvalue weighted by Gasteiger charge is -2.05. The summed E-state index contributed by atoms with van der Waals surface area (Å²) in [5.41, 5.74) is 1.14. The standard InChI is InChI=1S/C12H14BrN3S2/c1-2-11-15-12(18-16-11)17-7-6-14-10-5-3-4-9(13)8-10/h3-5,8,14H,2,6-7H2,1H3. The molecule has 2 aromatic rings. The fourth-order valence-electron chi connectivity index (χ4n) is 1.37. The topological polar surface area (TPSA) is 37.8 Å². The predicted octanol–water partition coefficient (Wildman–Crippen LogP) is 4.07. The van der Waals surface area contributed by atoms with Crippen LogP contribution in [0.1, 0.15) is 12.7 Å². The summed E-state index contributed by atoms with van der Waals surface area (Å²) in [5, 5.41) is 3.38. The maximum Gasteiger partial charge on any atom is 0.170 e. The van der Waals surface area contributed by atoms with E-state index in [-0.39, 0.29) is 0 Å². The van der Waals surface area contributed by atoms with Gasteiger partial charge >= 0.3 is 0 Å². The van der Waals surface area contributed by atoms with E-state index >= 15 is 0 Å². The van der Waals surface area contributed by atoms with Crippen molar-refractivity contribution in [3.8, 4) is 0 Å². The molecule has 3 nitrogen and oxygen atoms in total. The summed E-state index contributed by atoms with van der Waals surface area (Å²) in [6, 6.07) is 8.19. The van der Waals surface area contributed by atoms with E-state index in [1.165, 1.54) is 11.5 Å². The van der Waals surface area contributed by atoms with Crippen LogP contribution in [0.3, 0.4) is 0 Å². The van der Waals surface area contributed by atoms with Crippen molar-refractivity contribution in [1.82, 2.24) is 9.36 Å². The maximum atomic E-state index is 4.42. The Labute approximate surface area is 124 Å². The van der Waals surface area contributed by atoms with Gasteiger partial charge in [-0.25, -0.2) is 4.98 Å². The second-order valence-corrected chi connectivity index (χ2v) is 6.63. The summed E-state index contributed by atoms with van der Waals surface area (Å²) < 4.78 is 6.42. The third kappa shape index (κ3) is 4.26. The van der Waals surface area contributed by atoms with Gasteiger partial charge in [-0.2, -0.15) is 4.37 Å². The van der Waals surface area contributed by atoms with Crippen LogP contribution in [-0.2, 0) is 6.42 Å². The summed E-state index contributed by atoms with van der Waals surface area (Å²) in [5.74, 6) is 1.94. The molecular weight excluding hydrogens is 330 g/mol. The van der Waals surface area contributed by atoms with Gasteiger partial charge in [-0.15, -0.1) is 0 Å². The largest absolute Gasteiger partial charge is 0.384 e. The summed E-state index contributed by atoms with van der Waals surface area (Å²) >= 11 is 6.70. The molecule has 0 aliphatic heterocycles. The highest BCUT2D eigenvalue weighted by Crippen LogP contribution is 2.20. The quantitative estimate of drug-likeness (QED) is 0.633. The van der Waals surface area contributed by atoms with E-state index in [9.17, 15) is 0 Å². The number of thioether (sulfide) groups is 1. The highest BCUT2D eigenvalue weighted by Gasteiger charge is 2.02. The number of hydrogen-bond donors (Lipinski definition) is 1. The van der Waals surface area contributed by atoms with Crippen LogP contribution >= 0.6 is 39.2 Å². The first-order valence-electron chi connectivity index (χ1n) is 5.72. The zero-order chi connectivity index (χ0) is 12.8. The Hall–Kier alpha value is -0.590. The molecule has 1 aromatic heterocycles. The molecule has 0 bridgehead atoms. The number of anilines is 1. The molecule has 1 N–H and O–H groups in total. The molecule has 18 heavy (non-hydrogen) atoms. The Morgan fingerprint density at radius 2 is 2.33 bits per heavy atom. The molecule has 6 heteroatoms. The van der Waals surface area contributed by atoms with Gasteiger partial charge in [0.25, 0.3) is 0 Å². The number of aromatic nitrogens is 2. The van der Waals surface area contributed by atoms with E-state index < -0.39 is 0 Å². The van der Waals surface area contributed by atoms with Crippen LogP contribution in [0.5, 0.6) is 0 Å². The van der Waals surface area contributed by atoms with Crippen molar-refractivity contribution < 1.29 is 0 Å². The van der Waals surface area contributed by atoms with Gasteiger partial charge in [0.15, 0.2) is 4.34 Å². The highest BCUT2D eigenvalue weighted by atomic mass is 79.9. The second-order valence-electron chi connectivity index (χ2n) is 3.62. The molecule has 0 saturated carbocycles. The van der Waals surface area contributed by atoms with E-state index in [0.29, 0.717) is 0 Å². The van der Waals surface area contributed by atoms with Crippen LogP contribution in [0.4, 0.5) is 5.69 Å². The van der Waals surface area contributed by atoms with Crippen molar-refractivity contribution in [2.24, 2.45) is 0 Å². The molecule has 0 fully saturated rings. The van der Waals surface area contributed by atoms with Gasteiger partial charge in [-0.05, 0) is 29.7 Å². The first kappa shape index (κ1) is 13.8. The summed E-state index contributed by atoms with van der Waals surface area (Å²) in [6.07, 6.45) is 0.910. The summed E-state index contributed by atoms with van der Waals surface area (Å²) in [6.45, 7) is 2.99. The minimum atomic E-state index is 0.910. The van der Waals surface area contributed by atoms with Gasteiger partial charge in [-0.1, -0.05) is 40.7 Å². The van der Waals surface area contributed by atoms with E-state index in [2.05, 4.69) is 49.7 Å².